The van der Waals surface area contributed by atoms with E-state index in [4.69, 9.17) is 0 Å². The van der Waals surface area contributed by atoms with Crippen LogP contribution in [0.1, 0.15) is 10.4 Å². The first-order chi connectivity index (χ1) is 9.91. The van der Waals surface area contributed by atoms with E-state index in [1.54, 1.807) is 0 Å². The lowest BCUT2D eigenvalue weighted by atomic mass is 10.1. The van der Waals surface area contributed by atoms with Crippen LogP contribution in [0.2, 0.25) is 0 Å². The molecule has 0 aliphatic carbocycles. The number of nitro groups is 1. The molecule has 0 aromatic heterocycles. The number of rotatable bonds is 3. The Morgan fingerprint density at radius 3 is 2.43 bits per heavy atom. The number of benzene rings is 2. The van der Waals surface area contributed by atoms with Crippen molar-refractivity contribution in [3.05, 3.63) is 68.4 Å². The number of hydrogen-bond acceptors (Lipinski definition) is 3. The molecule has 0 unspecified atom stereocenters. The smallest absolute Gasteiger partial charge is 0.284 e. The van der Waals surface area contributed by atoms with Gasteiger partial charge in [0, 0.05) is 18.8 Å². The minimum absolute atomic E-state index is 0.119. The standard InChI is InChI=1S/C14H10BrFN2O3/c1-17(10-7-5-9(16)6-8-10)14(19)11-3-2-4-12(13(11)15)18(20)21/h2-8H,1H3. The Kier molecular flexibility index (Phi) is 4.32. The first-order valence-corrected chi connectivity index (χ1v) is 6.67. The molecule has 0 aliphatic heterocycles. The van der Waals surface area contributed by atoms with Gasteiger partial charge in [-0.1, -0.05) is 6.07 Å². The van der Waals surface area contributed by atoms with Crippen LogP contribution in [0.5, 0.6) is 0 Å². The topological polar surface area (TPSA) is 63.5 Å². The van der Waals surface area contributed by atoms with Crippen LogP contribution in [-0.4, -0.2) is 17.9 Å². The Labute approximate surface area is 128 Å². The van der Waals surface area contributed by atoms with Gasteiger partial charge in [-0.25, -0.2) is 4.39 Å². The van der Waals surface area contributed by atoms with E-state index in [-0.39, 0.29) is 15.7 Å². The van der Waals surface area contributed by atoms with Crippen molar-refractivity contribution in [3.63, 3.8) is 0 Å². The van der Waals surface area contributed by atoms with Crippen LogP contribution in [-0.2, 0) is 0 Å². The van der Waals surface area contributed by atoms with Crippen LogP contribution in [0.3, 0.4) is 0 Å². The minimum Gasteiger partial charge on any atom is -0.311 e. The Balaban J connectivity index is 2.38. The molecule has 1 amide bonds. The molecule has 0 aliphatic rings. The molecule has 0 radical (unpaired) electrons. The van der Waals surface area contributed by atoms with Crippen LogP contribution < -0.4 is 4.90 Å². The molecule has 108 valence electrons. The van der Waals surface area contributed by atoms with Crippen molar-refractivity contribution in [2.24, 2.45) is 0 Å². The van der Waals surface area contributed by atoms with Crippen molar-refractivity contribution in [3.8, 4) is 0 Å². The summed E-state index contributed by atoms with van der Waals surface area (Å²) in [7, 11) is 1.51. The third-order valence-corrected chi connectivity index (χ3v) is 3.76. The van der Waals surface area contributed by atoms with E-state index in [0.29, 0.717) is 5.69 Å². The molecule has 21 heavy (non-hydrogen) atoms. The van der Waals surface area contributed by atoms with Gasteiger partial charge >= 0.3 is 0 Å². The molecular formula is C14H10BrFN2O3. The summed E-state index contributed by atoms with van der Waals surface area (Å²) >= 11 is 3.09. The molecule has 0 N–H and O–H groups in total. The van der Waals surface area contributed by atoms with Gasteiger partial charge in [0.15, 0.2) is 0 Å². The Bertz CT molecular complexity index is 704. The fraction of sp³-hybridized carbons (Fsp3) is 0.0714. The molecule has 0 saturated heterocycles. The monoisotopic (exact) mass is 352 g/mol. The zero-order chi connectivity index (χ0) is 15.6. The van der Waals surface area contributed by atoms with Crippen molar-refractivity contribution >= 4 is 33.2 Å². The first kappa shape index (κ1) is 15.1. The fourth-order valence-corrected chi connectivity index (χ4v) is 2.37. The number of amides is 1. The van der Waals surface area contributed by atoms with E-state index < -0.39 is 16.6 Å². The largest absolute Gasteiger partial charge is 0.311 e. The average Bonchev–Trinajstić information content (AvgIpc) is 2.46. The molecule has 2 rings (SSSR count). The second-order valence-electron chi connectivity index (χ2n) is 4.24. The third kappa shape index (κ3) is 3.08. The normalized spacial score (nSPS) is 10.2. The predicted octanol–water partition coefficient (Wildman–Crippen LogP) is 3.77. The Morgan fingerprint density at radius 1 is 1.24 bits per heavy atom. The van der Waals surface area contributed by atoms with Gasteiger partial charge in [-0.05, 0) is 46.3 Å². The lowest BCUT2D eigenvalue weighted by molar-refractivity contribution is -0.385. The molecule has 5 nitrogen and oxygen atoms in total. The van der Waals surface area contributed by atoms with Gasteiger partial charge in [0.2, 0.25) is 0 Å². The highest BCUT2D eigenvalue weighted by Gasteiger charge is 2.22. The maximum atomic E-state index is 12.9. The molecule has 0 heterocycles. The van der Waals surface area contributed by atoms with Crippen LogP contribution in [0.4, 0.5) is 15.8 Å². The highest BCUT2D eigenvalue weighted by atomic mass is 79.9. The van der Waals surface area contributed by atoms with Crippen molar-refractivity contribution in [2.45, 2.75) is 0 Å². The molecular weight excluding hydrogens is 343 g/mol. The number of nitro benzene ring substituents is 1. The molecule has 0 saturated carbocycles. The summed E-state index contributed by atoms with van der Waals surface area (Å²) < 4.78 is 13.0. The molecule has 7 heteroatoms. The first-order valence-electron chi connectivity index (χ1n) is 5.88. The van der Waals surface area contributed by atoms with Gasteiger partial charge in [-0.3, -0.25) is 14.9 Å². The van der Waals surface area contributed by atoms with Crippen molar-refractivity contribution in [1.29, 1.82) is 0 Å². The molecule has 0 spiro atoms. The summed E-state index contributed by atoms with van der Waals surface area (Å²) in [5.41, 5.74) is 0.462. The molecule has 0 fully saturated rings. The summed E-state index contributed by atoms with van der Waals surface area (Å²) in [6.07, 6.45) is 0. The summed E-state index contributed by atoms with van der Waals surface area (Å²) in [6.45, 7) is 0. The van der Waals surface area contributed by atoms with E-state index in [1.165, 1.54) is 54.4 Å². The van der Waals surface area contributed by atoms with E-state index >= 15 is 0 Å². The predicted molar refractivity (Wildman–Crippen MR) is 79.9 cm³/mol. The van der Waals surface area contributed by atoms with Crippen LogP contribution >= 0.6 is 15.9 Å². The molecule has 2 aromatic carbocycles. The van der Waals surface area contributed by atoms with E-state index in [1.807, 2.05) is 0 Å². The second kappa shape index (κ2) is 6.01. The van der Waals surface area contributed by atoms with Gasteiger partial charge in [0.25, 0.3) is 11.6 Å². The average molecular weight is 353 g/mol. The number of nitrogens with zero attached hydrogens (tertiary/aromatic N) is 2. The summed E-state index contributed by atoms with van der Waals surface area (Å²) in [4.78, 5) is 24.0. The SMILES string of the molecule is CN(C(=O)c1cccc([N+](=O)[O-])c1Br)c1ccc(F)cc1. The van der Waals surface area contributed by atoms with Gasteiger partial charge in [-0.15, -0.1) is 0 Å². The Hall–Kier alpha value is -2.28. The lowest BCUT2D eigenvalue weighted by Gasteiger charge is -2.18. The summed E-state index contributed by atoms with van der Waals surface area (Å²) in [6, 6.07) is 9.62. The van der Waals surface area contributed by atoms with Gasteiger partial charge < -0.3 is 4.90 Å². The highest BCUT2D eigenvalue weighted by Crippen LogP contribution is 2.29. The van der Waals surface area contributed by atoms with E-state index in [2.05, 4.69) is 15.9 Å². The summed E-state index contributed by atoms with van der Waals surface area (Å²) in [5.74, 6) is -0.840. The number of carbonyl (C=O) groups excluding carboxylic acids is 1. The maximum Gasteiger partial charge on any atom is 0.284 e. The fourth-order valence-electron chi connectivity index (χ4n) is 1.79. The van der Waals surface area contributed by atoms with E-state index in [9.17, 15) is 19.3 Å². The van der Waals surface area contributed by atoms with Gasteiger partial charge in [0.05, 0.1) is 10.5 Å². The number of halogens is 2. The number of anilines is 1. The minimum atomic E-state index is -0.571. The van der Waals surface area contributed by atoms with Gasteiger partial charge in [-0.2, -0.15) is 0 Å². The second-order valence-corrected chi connectivity index (χ2v) is 5.03. The number of carbonyl (C=O) groups is 1. The maximum absolute atomic E-state index is 12.9. The van der Waals surface area contributed by atoms with Gasteiger partial charge in [0.1, 0.15) is 10.3 Å². The quantitative estimate of drug-likeness (QED) is 0.623. The molecule has 0 atom stereocenters. The number of hydrogen-bond donors (Lipinski definition) is 0. The zero-order valence-electron chi connectivity index (χ0n) is 10.9. The van der Waals surface area contributed by atoms with Crippen LogP contribution in [0.25, 0.3) is 0 Å². The van der Waals surface area contributed by atoms with E-state index in [0.717, 1.165) is 0 Å². The van der Waals surface area contributed by atoms with Crippen LogP contribution in [0, 0.1) is 15.9 Å². The lowest BCUT2D eigenvalue weighted by Crippen LogP contribution is -2.26. The zero-order valence-corrected chi connectivity index (χ0v) is 12.5. The Morgan fingerprint density at radius 2 is 1.86 bits per heavy atom. The van der Waals surface area contributed by atoms with Crippen LogP contribution in [0.15, 0.2) is 46.9 Å². The van der Waals surface area contributed by atoms with Crippen molar-refractivity contribution in [1.82, 2.24) is 0 Å². The molecule has 0 bridgehead atoms. The summed E-state index contributed by atoms with van der Waals surface area (Å²) in [5, 5.41) is 10.9. The van der Waals surface area contributed by atoms with Crippen molar-refractivity contribution < 1.29 is 14.1 Å². The molecule has 2 aromatic rings. The van der Waals surface area contributed by atoms with Crippen molar-refractivity contribution in [2.75, 3.05) is 11.9 Å². The highest BCUT2D eigenvalue weighted by molar-refractivity contribution is 9.10. The third-order valence-electron chi connectivity index (χ3n) is 2.92.